The van der Waals surface area contributed by atoms with Gasteiger partial charge in [0.15, 0.2) is 0 Å². The molecule has 5 rings (SSSR count). The third-order valence-electron chi connectivity index (χ3n) is 6.62. The molecule has 9 heteroatoms. The van der Waals surface area contributed by atoms with E-state index in [1.54, 1.807) is 29.1 Å². The number of amides is 1. The fraction of sp³-hybridized carbons (Fsp3) is 0.333. The number of nitrogens with one attached hydrogen (secondary N) is 1. The molecule has 1 aromatic heterocycles. The molecule has 170 valence electrons. The molecule has 1 saturated heterocycles. The molecular weight excluding hydrogens is 422 g/mol. The van der Waals surface area contributed by atoms with Crippen LogP contribution < -0.4 is 10.1 Å². The lowest BCUT2D eigenvalue weighted by Gasteiger charge is -2.46. The second kappa shape index (κ2) is 8.32. The first-order chi connectivity index (χ1) is 15.9. The largest absolute Gasteiger partial charge is 0.487 e. The van der Waals surface area contributed by atoms with Gasteiger partial charge in [0, 0.05) is 49.1 Å². The number of hydrogen-bond acceptors (Lipinski definition) is 6. The summed E-state index contributed by atoms with van der Waals surface area (Å²) < 4.78 is 8.01. The van der Waals surface area contributed by atoms with Gasteiger partial charge in [-0.05, 0) is 38.1 Å². The van der Waals surface area contributed by atoms with E-state index in [1.165, 1.54) is 12.4 Å². The Kier molecular flexibility index (Phi) is 5.33. The van der Waals surface area contributed by atoms with Crippen molar-refractivity contribution < 1.29 is 14.5 Å². The number of carbonyl (C=O) groups excluding carboxylic acids is 1. The van der Waals surface area contributed by atoms with Crippen molar-refractivity contribution in [3.05, 3.63) is 82.4 Å². The summed E-state index contributed by atoms with van der Waals surface area (Å²) in [6.45, 7) is 1.87. The van der Waals surface area contributed by atoms with Gasteiger partial charge in [0.1, 0.15) is 17.0 Å². The Morgan fingerprint density at radius 3 is 2.76 bits per heavy atom. The van der Waals surface area contributed by atoms with Crippen LogP contribution in [0, 0.1) is 10.1 Å². The Bertz CT molecular complexity index is 1190. The average Bonchev–Trinajstić information content (AvgIpc) is 3.35. The van der Waals surface area contributed by atoms with Crippen LogP contribution in [0.4, 0.5) is 5.69 Å². The van der Waals surface area contributed by atoms with Gasteiger partial charge < -0.3 is 19.5 Å². The predicted molar refractivity (Wildman–Crippen MR) is 122 cm³/mol. The number of ether oxygens (including phenoxy) is 1. The number of aromatic nitrogens is 2. The summed E-state index contributed by atoms with van der Waals surface area (Å²) in [4.78, 5) is 30.7. The number of likely N-dealkylation sites (tertiary alicyclic amines) is 1. The first-order valence-electron chi connectivity index (χ1n) is 11.0. The second-order valence-corrected chi connectivity index (χ2v) is 8.79. The van der Waals surface area contributed by atoms with E-state index in [0.717, 1.165) is 37.2 Å². The molecule has 1 spiro atoms. The maximum absolute atomic E-state index is 13.2. The van der Waals surface area contributed by atoms with Gasteiger partial charge in [-0.2, -0.15) is 0 Å². The fourth-order valence-electron chi connectivity index (χ4n) is 4.75. The van der Waals surface area contributed by atoms with Gasteiger partial charge >= 0.3 is 0 Å². The van der Waals surface area contributed by atoms with Gasteiger partial charge in [0.25, 0.3) is 11.6 Å². The maximum atomic E-state index is 13.2. The molecule has 0 saturated carbocycles. The molecule has 1 N–H and O–H groups in total. The Hall–Kier alpha value is -3.72. The number of nitro benzene ring substituents is 1. The van der Waals surface area contributed by atoms with Crippen LogP contribution in [0.15, 0.2) is 61.2 Å². The minimum absolute atomic E-state index is 0.153. The Labute approximate surface area is 191 Å². The summed E-state index contributed by atoms with van der Waals surface area (Å²) in [5, 5.41) is 14.8. The Morgan fingerprint density at radius 1 is 1.24 bits per heavy atom. The zero-order valence-electron chi connectivity index (χ0n) is 18.3. The van der Waals surface area contributed by atoms with Gasteiger partial charge in [0.05, 0.1) is 17.3 Å². The highest BCUT2D eigenvalue weighted by Crippen LogP contribution is 2.44. The highest BCUT2D eigenvalue weighted by atomic mass is 16.6. The molecule has 2 aromatic carbocycles. The quantitative estimate of drug-likeness (QED) is 0.485. The number of nitro groups is 1. The number of benzene rings is 2. The zero-order chi connectivity index (χ0) is 23.0. The molecule has 9 nitrogen and oxygen atoms in total. The van der Waals surface area contributed by atoms with Crippen molar-refractivity contribution in [3.63, 3.8) is 0 Å². The third-order valence-corrected chi connectivity index (χ3v) is 6.62. The van der Waals surface area contributed by atoms with Gasteiger partial charge in [-0.3, -0.25) is 14.9 Å². The van der Waals surface area contributed by atoms with Crippen molar-refractivity contribution in [1.82, 2.24) is 19.8 Å². The summed E-state index contributed by atoms with van der Waals surface area (Å²) in [6, 6.07) is 12.0. The molecule has 3 heterocycles. The first-order valence-corrected chi connectivity index (χ1v) is 11.0. The fourth-order valence-corrected chi connectivity index (χ4v) is 4.75. The van der Waals surface area contributed by atoms with Crippen LogP contribution in [0.3, 0.4) is 0 Å². The van der Waals surface area contributed by atoms with E-state index >= 15 is 0 Å². The van der Waals surface area contributed by atoms with E-state index < -0.39 is 4.92 Å². The molecule has 0 aliphatic carbocycles. The third kappa shape index (κ3) is 4.07. The molecule has 2 aliphatic rings. The van der Waals surface area contributed by atoms with Crippen molar-refractivity contribution in [2.45, 2.75) is 30.9 Å². The van der Waals surface area contributed by atoms with Crippen LogP contribution in [0.1, 0.15) is 41.2 Å². The highest BCUT2D eigenvalue weighted by Gasteiger charge is 2.43. The lowest BCUT2D eigenvalue weighted by Crippen LogP contribution is -2.51. The van der Waals surface area contributed by atoms with Gasteiger partial charge in [-0.15, -0.1) is 0 Å². The Morgan fingerprint density at radius 2 is 2.03 bits per heavy atom. The molecule has 1 fully saturated rings. The molecule has 2 aliphatic heterocycles. The molecule has 1 unspecified atom stereocenters. The SMILES string of the molecule is CN1CCC2(CC1)CC(NC(=O)c1ccc(-n3ccnc3)c([N+](=O)[O-])c1)c1ccccc1O2. The predicted octanol–water partition coefficient (Wildman–Crippen LogP) is 3.50. The number of piperidine rings is 1. The molecule has 1 atom stereocenters. The molecular formula is C24H25N5O4. The molecule has 0 bridgehead atoms. The van der Waals surface area contributed by atoms with E-state index in [4.69, 9.17) is 4.74 Å². The van der Waals surface area contributed by atoms with Crippen molar-refractivity contribution in [1.29, 1.82) is 0 Å². The van der Waals surface area contributed by atoms with Gasteiger partial charge in [-0.25, -0.2) is 4.98 Å². The Balaban J connectivity index is 1.43. The molecule has 33 heavy (non-hydrogen) atoms. The van der Waals surface area contributed by atoms with Crippen LogP contribution >= 0.6 is 0 Å². The summed E-state index contributed by atoms with van der Waals surface area (Å²) in [5.41, 5.74) is 1.05. The number of hydrogen-bond donors (Lipinski definition) is 1. The van der Waals surface area contributed by atoms with Crippen LogP contribution in [0.25, 0.3) is 5.69 Å². The van der Waals surface area contributed by atoms with Gasteiger partial charge in [-0.1, -0.05) is 18.2 Å². The summed E-state index contributed by atoms with van der Waals surface area (Å²) >= 11 is 0. The zero-order valence-corrected chi connectivity index (χ0v) is 18.3. The van der Waals surface area contributed by atoms with E-state index in [1.807, 2.05) is 24.3 Å². The van der Waals surface area contributed by atoms with E-state index in [2.05, 4.69) is 22.2 Å². The number of carbonyl (C=O) groups is 1. The number of fused-ring (bicyclic) bond motifs is 1. The maximum Gasteiger partial charge on any atom is 0.294 e. The van der Waals surface area contributed by atoms with Crippen molar-refractivity contribution in [2.75, 3.05) is 20.1 Å². The van der Waals surface area contributed by atoms with Crippen molar-refractivity contribution in [2.24, 2.45) is 0 Å². The van der Waals surface area contributed by atoms with E-state index in [-0.39, 0.29) is 28.8 Å². The van der Waals surface area contributed by atoms with Crippen molar-refractivity contribution in [3.8, 4) is 11.4 Å². The number of rotatable bonds is 4. The van der Waals surface area contributed by atoms with Crippen LogP contribution in [0.5, 0.6) is 5.75 Å². The minimum Gasteiger partial charge on any atom is -0.487 e. The molecule has 0 radical (unpaired) electrons. The molecule has 3 aromatic rings. The van der Waals surface area contributed by atoms with E-state index in [0.29, 0.717) is 12.1 Å². The van der Waals surface area contributed by atoms with Crippen LogP contribution in [-0.4, -0.2) is 51.0 Å². The lowest BCUT2D eigenvalue weighted by atomic mass is 9.80. The first kappa shape index (κ1) is 21.1. The average molecular weight is 447 g/mol. The van der Waals surface area contributed by atoms with Gasteiger partial charge in [0.2, 0.25) is 0 Å². The second-order valence-electron chi connectivity index (χ2n) is 8.79. The van der Waals surface area contributed by atoms with Crippen molar-refractivity contribution >= 4 is 11.6 Å². The minimum atomic E-state index is -0.483. The standard InChI is InChI=1S/C24H25N5O4/c1-27-11-8-24(9-12-27)15-19(18-4-2-3-5-22(18)33-24)26-23(30)17-6-7-20(21(14-17)29(31)32)28-13-10-25-16-28/h2-7,10,13-14,16,19H,8-9,11-12,15H2,1H3,(H,26,30). The normalized spacial score (nSPS) is 19.5. The number of nitrogens with zero attached hydrogens (tertiary/aromatic N) is 4. The van der Waals surface area contributed by atoms with E-state index in [9.17, 15) is 14.9 Å². The molecule has 1 amide bonds. The monoisotopic (exact) mass is 447 g/mol. The van der Waals surface area contributed by atoms with Crippen LogP contribution in [-0.2, 0) is 0 Å². The lowest BCUT2D eigenvalue weighted by molar-refractivity contribution is -0.384. The highest BCUT2D eigenvalue weighted by molar-refractivity contribution is 5.95. The number of para-hydroxylation sites is 1. The number of imidazole rings is 1. The summed E-state index contributed by atoms with van der Waals surface area (Å²) in [5.74, 6) is 0.445. The van der Waals surface area contributed by atoms with Crippen LogP contribution in [0.2, 0.25) is 0 Å². The summed E-state index contributed by atoms with van der Waals surface area (Å²) in [7, 11) is 2.10. The summed E-state index contributed by atoms with van der Waals surface area (Å²) in [6.07, 6.45) is 7.10. The smallest absolute Gasteiger partial charge is 0.294 e. The topological polar surface area (TPSA) is 103 Å².